The number of amides is 1. The van der Waals surface area contributed by atoms with Gasteiger partial charge in [-0.3, -0.25) is 9.10 Å². The van der Waals surface area contributed by atoms with Crippen LogP contribution in [0, 0.1) is 26.7 Å². The van der Waals surface area contributed by atoms with Crippen molar-refractivity contribution >= 4 is 21.6 Å². The highest BCUT2D eigenvalue weighted by Crippen LogP contribution is 2.29. The molecule has 0 fully saturated rings. The fourth-order valence-corrected chi connectivity index (χ4v) is 5.56. The predicted molar refractivity (Wildman–Crippen MR) is 145 cm³/mol. The van der Waals surface area contributed by atoms with Crippen molar-refractivity contribution in [1.82, 2.24) is 5.32 Å². The SMILES string of the molecule is COc1ccc([C@H](CC(C)C)NC(=O)CN(c2cc(C)ccc2C)S(=O)(=O)c2ccc(C)cc2)cc1. The quantitative estimate of drug-likeness (QED) is 0.380. The van der Waals surface area contributed by atoms with Gasteiger partial charge in [-0.2, -0.15) is 0 Å². The highest BCUT2D eigenvalue weighted by atomic mass is 32.2. The predicted octanol–water partition coefficient (Wildman–Crippen LogP) is 5.72. The van der Waals surface area contributed by atoms with Crippen molar-refractivity contribution in [3.05, 3.63) is 89.0 Å². The van der Waals surface area contributed by atoms with Gasteiger partial charge in [0.1, 0.15) is 12.3 Å². The van der Waals surface area contributed by atoms with Crippen molar-refractivity contribution in [1.29, 1.82) is 0 Å². The topological polar surface area (TPSA) is 75.7 Å². The Labute approximate surface area is 215 Å². The molecule has 0 spiro atoms. The average molecular weight is 509 g/mol. The van der Waals surface area contributed by atoms with Crippen molar-refractivity contribution in [3.8, 4) is 5.75 Å². The first-order chi connectivity index (χ1) is 17.0. The smallest absolute Gasteiger partial charge is 0.264 e. The molecule has 0 aliphatic carbocycles. The highest BCUT2D eigenvalue weighted by molar-refractivity contribution is 7.92. The standard InChI is InChI=1S/C29H36N2O4S/c1-20(2)17-27(24-11-13-25(35-6)14-12-24)30-29(32)19-31(28-18-22(4)7-10-23(28)5)36(33,34)26-15-8-21(3)9-16-26/h7-16,18,20,27H,17,19H2,1-6H3,(H,30,32)/t27-/m0/s1. The van der Waals surface area contributed by atoms with E-state index in [1.807, 2.05) is 63.2 Å². The highest BCUT2D eigenvalue weighted by Gasteiger charge is 2.29. The van der Waals surface area contributed by atoms with Crippen LogP contribution in [0.15, 0.2) is 71.6 Å². The zero-order chi connectivity index (χ0) is 26.5. The van der Waals surface area contributed by atoms with Gasteiger partial charge in [-0.1, -0.05) is 55.8 Å². The van der Waals surface area contributed by atoms with Crippen LogP contribution in [0.4, 0.5) is 5.69 Å². The second-order valence-corrected chi connectivity index (χ2v) is 11.5. The van der Waals surface area contributed by atoms with E-state index in [1.165, 1.54) is 4.31 Å². The van der Waals surface area contributed by atoms with E-state index in [-0.39, 0.29) is 23.4 Å². The molecule has 6 nitrogen and oxygen atoms in total. The van der Waals surface area contributed by atoms with Crippen LogP contribution >= 0.6 is 0 Å². The van der Waals surface area contributed by atoms with Crippen molar-refractivity contribution in [2.75, 3.05) is 18.0 Å². The molecule has 0 aliphatic heterocycles. The van der Waals surface area contributed by atoms with Gasteiger partial charge in [0.05, 0.1) is 23.7 Å². The van der Waals surface area contributed by atoms with Gasteiger partial charge in [-0.05, 0) is 80.1 Å². The summed E-state index contributed by atoms with van der Waals surface area (Å²) in [4.78, 5) is 13.6. The lowest BCUT2D eigenvalue weighted by atomic mass is 9.97. The Morgan fingerprint density at radius 3 is 2.11 bits per heavy atom. The zero-order valence-corrected chi connectivity index (χ0v) is 22.7. The molecule has 0 radical (unpaired) electrons. The summed E-state index contributed by atoms with van der Waals surface area (Å²) in [5.41, 5.74) is 4.09. The van der Waals surface area contributed by atoms with Gasteiger partial charge in [0.25, 0.3) is 10.0 Å². The van der Waals surface area contributed by atoms with Crippen LogP contribution in [0.2, 0.25) is 0 Å². The first kappa shape index (κ1) is 27.3. The van der Waals surface area contributed by atoms with Crippen LogP contribution in [0.1, 0.15) is 48.6 Å². The molecular weight excluding hydrogens is 472 g/mol. The summed E-state index contributed by atoms with van der Waals surface area (Å²) in [6.45, 7) is 9.51. The number of benzene rings is 3. The Hall–Kier alpha value is -3.32. The third-order valence-electron chi connectivity index (χ3n) is 6.09. The van der Waals surface area contributed by atoms with E-state index in [0.717, 1.165) is 28.0 Å². The average Bonchev–Trinajstić information content (AvgIpc) is 2.84. The number of methoxy groups -OCH3 is 1. The second-order valence-electron chi connectivity index (χ2n) is 9.64. The van der Waals surface area contributed by atoms with Gasteiger partial charge in [0.2, 0.25) is 5.91 Å². The van der Waals surface area contributed by atoms with Crippen molar-refractivity contribution < 1.29 is 17.9 Å². The maximum absolute atomic E-state index is 13.8. The van der Waals surface area contributed by atoms with Gasteiger partial charge >= 0.3 is 0 Å². The molecule has 3 rings (SSSR count). The largest absolute Gasteiger partial charge is 0.497 e. The molecule has 1 N–H and O–H groups in total. The molecule has 1 amide bonds. The third-order valence-corrected chi connectivity index (χ3v) is 7.86. The van der Waals surface area contributed by atoms with Crippen LogP contribution in [-0.4, -0.2) is 28.0 Å². The maximum atomic E-state index is 13.8. The number of carbonyl (C=O) groups excluding carboxylic acids is 1. The molecule has 3 aromatic rings. The van der Waals surface area contributed by atoms with Crippen LogP contribution in [0.3, 0.4) is 0 Å². The number of nitrogens with one attached hydrogen (secondary N) is 1. The van der Waals surface area contributed by atoms with Crippen LogP contribution in [0.5, 0.6) is 5.75 Å². The summed E-state index contributed by atoms with van der Waals surface area (Å²) in [5, 5.41) is 3.08. The van der Waals surface area contributed by atoms with E-state index in [2.05, 4.69) is 19.2 Å². The van der Waals surface area contributed by atoms with Gasteiger partial charge in [-0.15, -0.1) is 0 Å². The summed E-state index contributed by atoms with van der Waals surface area (Å²) in [6.07, 6.45) is 0.715. The van der Waals surface area contributed by atoms with Gasteiger partial charge in [0.15, 0.2) is 0 Å². The number of carbonyl (C=O) groups is 1. The zero-order valence-electron chi connectivity index (χ0n) is 21.9. The molecule has 0 aliphatic rings. The molecule has 0 aromatic heterocycles. The van der Waals surface area contributed by atoms with Gasteiger partial charge in [-0.25, -0.2) is 8.42 Å². The maximum Gasteiger partial charge on any atom is 0.264 e. The van der Waals surface area contributed by atoms with E-state index in [4.69, 9.17) is 4.74 Å². The lowest BCUT2D eigenvalue weighted by Crippen LogP contribution is -2.42. The van der Waals surface area contributed by atoms with Crippen LogP contribution in [0.25, 0.3) is 0 Å². The minimum atomic E-state index is -3.98. The Morgan fingerprint density at radius 1 is 0.917 bits per heavy atom. The van der Waals surface area contributed by atoms with E-state index >= 15 is 0 Å². The summed E-state index contributed by atoms with van der Waals surface area (Å²) in [5.74, 6) is 0.690. The Kier molecular flexibility index (Phi) is 8.79. The Balaban J connectivity index is 1.96. The minimum absolute atomic E-state index is 0.149. The fourth-order valence-electron chi connectivity index (χ4n) is 4.08. The number of nitrogens with zero attached hydrogens (tertiary/aromatic N) is 1. The normalized spacial score (nSPS) is 12.3. The van der Waals surface area contributed by atoms with Crippen LogP contribution < -0.4 is 14.4 Å². The van der Waals surface area contributed by atoms with Crippen molar-refractivity contribution in [3.63, 3.8) is 0 Å². The first-order valence-corrected chi connectivity index (χ1v) is 13.5. The number of anilines is 1. The number of sulfonamides is 1. The van der Waals surface area contributed by atoms with E-state index in [1.54, 1.807) is 31.4 Å². The molecular formula is C29H36N2O4S. The molecule has 0 saturated carbocycles. The van der Waals surface area contributed by atoms with E-state index in [9.17, 15) is 13.2 Å². The minimum Gasteiger partial charge on any atom is -0.497 e. The molecule has 0 heterocycles. The molecule has 0 saturated heterocycles. The number of hydrogen-bond donors (Lipinski definition) is 1. The van der Waals surface area contributed by atoms with Crippen molar-refractivity contribution in [2.24, 2.45) is 5.92 Å². The molecule has 0 unspecified atom stereocenters. The molecule has 192 valence electrons. The number of aryl methyl sites for hydroxylation is 3. The Bertz CT molecular complexity index is 1280. The Morgan fingerprint density at radius 2 is 1.53 bits per heavy atom. The lowest BCUT2D eigenvalue weighted by Gasteiger charge is -2.28. The van der Waals surface area contributed by atoms with E-state index in [0.29, 0.717) is 18.0 Å². The molecule has 3 aromatic carbocycles. The van der Waals surface area contributed by atoms with Gasteiger partial charge in [0, 0.05) is 0 Å². The summed E-state index contributed by atoms with van der Waals surface area (Å²) < 4.78 is 34.0. The second kappa shape index (κ2) is 11.6. The monoisotopic (exact) mass is 508 g/mol. The summed E-state index contributed by atoms with van der Waals surface area (Å²) in [6, 6.07) is 19.6. The van der Waals surface area contributed by atoms with Crippen molar-refractivity contribution in [2.45, 2.75) is 52.0 Å². The number of ether oxygens (including phenoxy) is 1. The molecule has 7 heteroatoms. The fraction of sp³-hybridized carbons (Fsp3) is 0.345. The first-order valence-electron chi connectivity index (χ1n) is 12.1. The van der Waals surface area contributed by atoms with Crippen LogP contribution in [-0.2, 0) is 14.8 Å². The van der Waals surface area contributed by atoms with Gasteiger partial charge < -0.3 is 10.1 Å². The summed E-state index contributed by atoms with van der Waals surface area (Å²) >= 11 is 0. The molecule has 0 bridgehead atoms. The third kappa shape index (κ3) is 6.66. The van der Waals surface area contributed by atoms with E-state index < -0.39 is 10.0 Å². The lowest BCUT2D eigenvalue weighted by molar-refractivity contribution is -0.120. The molecule has 36 heavy (non-hydrogen) atoms. The summed E-state index contributed by atoms with van der Waals surface area (Å²) in [7, 11) is -2.37. The molecule has 1 atom stereocenters. The number of hydrogen-bond acceptors (Lipinski definition) is 4. The number of rotatable bonds is 10.